The number of hydrogen-bond acceptors (Lipinski definition) is 3. The van der Waals surface area contributed by atoms with Gasteiger partial charge >= 0.3 is 0 Å². The highest BCUT2D eigenvalue weighted by Gasteiger charge is 2.33. The maximum atomic E-state index is 10.9. The number of aliphatic hydroxyl groups is 1. The van der Waals surface area contributed by atoms with Crippen LogP contribution in [0, 0.1) is 0 Å². The molecule has 1 N–H and O–H groups in total. The molecule has 0 aliphatic heterocycles. The number of benzene rings is 1. The Morgan fingerprint density at radius 2 is 1.44 bits per heavy atom. The molecular weight excluding hydrogens is 228 g/mol. The lowest BCUT2D eigenvalue weighted by molar-refractivity contribution is 0.0126. The van der Waals surface area contributed by atoms with Gasteiger partial charge in [0, 0.05) is 0 Å². The molecule has 0 aliphatic carbocycles. The van der Waals surface area contributed by atoms with Crippen LogP contribution in [0.1, 0.15) is 45.1 Å². The van der Waals surface area contributed by atoms with Crippen molar-refractivity contribution in [2.45, 2.75) is 45.1 Å². The fourth-order valence-corrected chi connectivity index (χ4v) is 2.51. The lowest BCUT2D eigenvalue weighted by Gasteiger charge is -2.31. The second-order valence-electron chi connectivity index (χ2n) is 4.57. The van der Waals surface area contributed by atoms with Gasteiger partial charge in [0.05, 0.1) is 25.4 Å². The van der Waals surface area contributed by atoms with E-state index in [0.29, 0.717) is 24.3 Å². The van der Waals surface area contributed by atoms with E-state index in [1.54, 1.807) is 14.2 Å². The predicted octanol–water partition coefficient (Wildman–Crippen LogP) is 3.49. The number of rotatable bonds is 7. The summed E-state index contributed by atoms with van der Waals surface area (Å²) in [7, 11) is 3.24. The summed E-state index contributed by atoms with van der Waals surface area (Å²) < 4.78 is 10.8. The molecule has 1 rings (SSSR count). The van der Waals surface area contributed by atoms with E-state index < -0.39 is 5.60 Å². The van der Waals surface area contributed by atoms with E-state index in [-0.39, 0.29) is 0 Å². The third-order valence-corrected chi connectivity index (χ3v) is 3.22. The number of methoxy groups -OCH3 is 2. The van der Waals surface area contributed by atoms with E-state index in [9.17, 15) is 5.11 Å². The zero-order chi connectivity index (χ0) is 13.6. The van der Waals surface area contributed by atoms with Crippen molar-refractivity contribution in [2.24, 2.45) is 0 Å². The first-order valence-electron chi connectivity index (χ1n) is 6.56. The van der Waals surface area contributed by atoms with Crippen molar-refractivity contribution < 1.29 is 14.6 Å². The van der Waals surface area contributed by atoms with Gasteiger partial charge in [0.25, 0.3) is 0 Å². The molecule has 0 unspecified atom stereocenters. The lowest BCUT2D eigenvalue weighted by atomic mass is 9.84. The molecular formula is C15H24O3. The molecule has 0 radical (unpaired) electrons. The van der Waals surface area contributed by atoms with Crippen LogP contribution in [0.25, 0.3) is 0 Å². The highest BCUT2D eigenvalue weighted by Crippen LogP contribution is 2.42. The zero-order valence-corrected chi connectivity index (χ0v) is 11.8. The van der Waals surface area contributed by atoms with Crippen LogP contribution >= 0.6 is 0 Å². The fraction of sp³-hybridized carbons (Fsp3) is 0.600. The molecule has 0 heterocycles. The SMILES string of the molecule is CCCC(O)(CCC)c1c(OC)cccc1OC. The quantitative estimate of drug-likeness (QED) is 0.807. The van der Waals surface area contributed by atoms with Gasteiger partial charge in [-0.2, -0.15) is 0 Å². The molecule has 1 aromatic carbocycles. The first-order chi connectivity index (χ1) is 8.62. The Bertz CT molecular complexity index is 346. The van der Waals surface area contributed by atoms with Gasteiger partial charge in [-0.1, -0.05) is 32.8 Å². The molecule has 3 heteroatoms. The van der Waals surface area contributed by atoms with Crippen LogP contribution in [0.3, 0.4) is 0 Å². The Balaban J connectivity index is 3.32. The summed E-state index contributed by atoms with van der Waals surface area (Å²) in [5.74, 6) is 1.39. The topological polar surface area (TPSA) is 38.7 Å². The molecule has 0 atom stereocenters. The summed E-state index contributed by atoms with van der Waals surface area (Å²) in [6, 6.07) is 5.61. The molecule has 0 spiro atoms. The second kappa shape index (κ2) is 6.64. The second-order valence-corrected chi connectivity index (χ2v) is 4.57. The molecule has 0 aliphatic rings. The van der Waals surface area contributed by atoms with Gasteiger partial charge in [-0.15, -0.1) is 0 Å². The summed E-state index contributed by atoms with van der Waals surface area (Å²) in [6.45, 7) is 4.14. The van der Waals surface area contributed by atoms with E-state index in [0.717, 1.165) is 18.4 Å². The van der Waals surface area contributed by atoms with Gasteiger partial charge < -0.3 is 14.6 Å². The molecule has 0 amide bonds. The highest BCUT2D eigenvalue weighted by atomic mass is 16.5. The van der Waals surface area contributed by atoms with Crippen LogP contribution in [0.15, 0.2) is 18.2 Å². The molecule has 0 saturated carbocycles. The fourth-order valence-electron chi connectivity index (χ4n) is 2.51. The van der Waals surface area contributed by atoms with Crippen LogP contribution in [0.5, 0.6) is 11.5 Å². The first-order valence-corrected chi connectivity index (χ1v) is 6.56. The molecule has 3 nitrogen and oxygen atoms in total. The molecule has 0 saturated heterocycles. The van der Waals surface area contributed by atoms with E-state index in [2.05, 4.69) is 13.8 Å². The molecule has 1 aromatic rings. The maximum Gasteiger partial charge on any atom is 0.128 e. The van der Waals surface area contributed by atoms with E-state index in [1.165, 1.54) is 0 Å². The van der Waals surface area contributed by atoms with Gasteiger partial charge in [0.2, 0.25) is 0 Å². The molecule has 18 heavy (non-hydrogen) atoms. The minimum absolute atomic E-state index is 0.693. The lowest BCUT2D eigenvalue weighted by Crippen LogP contribution is -2.26. The molecule has 0 aromatic heterocycles. The van der Waals surface area contributed by atoms with E-state index in [4.69, 9.17) is 9.47 Å². The smallest absolute Gasteiger partial charge is 0.128 e. The van der Waals surface area contributed by atoms with E-state index >= 15 is 0 Å². The molecule has 102 valence electrons. The van der Waals surface area contributed by atoms with Gasteiger partial charge in [0.1, 0.15) is 11.5 Å². The van der Waals surface area contributed by atoms with Gasteiger partial charge in [-0.3, -0.25) is 0 Å². The summed E-state index contributed by atoms with van der Waals surface area (Å²) >= 11 is 0. The Morgan fingerprint density at radius 3 is 1.78 bits per heavy atom. The van der Waals surface area contributed by atoms with Crippen molar-refractivity contribution in [3.63, 3.8) is 0 Å². The summed E-state index contributed by atoms with van der Waals surface area (Å²) in [4.78, 5) is 0. The third kappa shape index (κ3) is 2.96. The van der Waals surface area contributed by atoms with Crippen molar-refractivity contribution in [3.05, 3.63) is 23.8 Å². The van der Waals surface area contributed by atoms with Crippen molar-refractivity contribution in [3.8, 4) is 11.5 Å². The third-order valence-electron chi connectivity index (χ3n) is 3.22. The van der Waals surface area contributed by atoms with Gasteiger partial charge in [-0.25, -0.2) is 0 Å². The van der Waals surface area contributed by atoms with E-state index in [1.807, 2.05) is 18.2 Å². The molecule has 0 fully saturated rings. The van der Waals surface area contributed by atoms with Crippen LogP contribution in [0.4, 0.5) is 0 Å². The standard InChI is InChI=1S/C15H24O3/c1-5-10-15(16,11-6-2)14-12(17-3)8-7-9-13(14)18-4/h7-9,16H,5-6,10-11H2,1-4H3. The minimum atomic E-state index is -0.874. The number of hydrogen-bond donors (Lipinski definition) is 1. The average Bonchev–Trinajstić information content (AvgIpc) is 2.38. The van der Waals surface area contributed by atoms with Gasteiger partial charge in [0.15, 0.2) is 0 Å². The highest BCUT2D eigenvalue weighted by molar-refractivity contribution is 5.48. The summed E-state index contributed by atoms with van der Waals surface area (Å²) in [5, 5.41) is 10.9. The maximum absolute atomic E-state index is 10.9. The van der Waals surface area contributed by atoms with Crippen LogP contribution < -0.4 is 9.47 Å². The largest absolute Gasteiger partial charge is 0.496 e. The zero-order valence-electron chi connectivity index (χ0n) is 11.8. The van der Waals surface area contributed by atoms with Crippen LogP contribution in [-0.4, -0.2) is 19.3 Å². The minimum Gasteiger partial charge on any atom is -0.496 e. The van der Waals surface area contributed by atoms with Crippen LogP contribution in [-0.2, 0) is 5.60 Å². The van der Waals surface area contributed by atoms with Gasteiger partial charge in [-0.05, 0) is 25.0 Å². The Labute approximate surface area is 110 Å². The predicted molar refractivity (Wildman–Crippen MR) is 73.3 cm³/mol. The van der Waals surface area contributed by atoms with Crippen LogP contribution in [0.2, 0.25) is 0 Å². The normalized spacial score (nSPS) is 11.4. The van der Waals surface area contributed by atoms with Crippen molar-refractivity contribution in [2.75, 3.05) is 14.2 Å². The Morgan fingerprint density at radius 1 is 1.00 bits per heavy atom. The Kier molecular flexibility index (Phi) is 5.48. The molecule has 0 bridgehead atoms. The van der Waals surface area contributed by atoms with Crippen molar-refractivity contribution in [1.29, 1.82) is 0 Å². The van der Waals surface area contributed by atoms with Crippen molar-refractivity contribution >= 4 is 0 Å². The number of ether oxygens (including phenoxy) is 2. The average molecular weight is 252 g/mol. The first kappa shape index (κ1) is 14.8. The summed E-state index contributed by atoms with van der Waals surface area (Å²) in [5.41, 5.74) is -0.0970. The monoisotopic (exact) mass is 252 g/mol. The Hall–Kier alpha value is -1.22. The summed E-state index contributed by atoms with van der Waals surface area (Å²) in [6.07, 6.45) is 3.24. The van der Waals surface area contributed by atoms with Crippen molar-refractivity contribution in [1.82, 2.24) is 0 Å².